The fraction of sp³-hybridized carbons (Fsp3) is 0.727. The van der Waals surface area contributed by atoms with Crippen LogP contribution in [0, 0.1) is 11.8 Å². The van der Waals surface area contributed by atoms with E-state index in [4.69, 9.17) is 5.73 Å². The van der Waals surface area contributed by atoms with E-state index in [1.807, 2.05) is 4.90 Å². The minimum atomic E-state index is -0.398. The lowest BCUT2D eigenvalue weighted by Crippen LogP contribution is -2.42. The van der Waals surface area contributed by atoms with Crippen LogP contribution >= 0.6 is 0 Å². The first-order chi connectivity index (χ1) is 6.56. The Bertz CT molecular complexity index is 217. The predicted octanol–water partition coefficient (Wildman–Crippen LogP) is 1.00. The van der Waals surface area contributed by atoms with E-state index < -0.39 is 6.04 Å². The van der Waals surface area contributed by atoms with Gasteiger partial charge in [-0.05, 0) is 18.3 Å². The van der Waals surface area contributed by atoms with Crippen LogP contribution in [0.25, 0.3) is 0 Å². The van der Waals surface area contributed by atoms with Gasteiger partial charge in [-0.3, -0.25) is 4.79 Å². The number of hydrogen-bond donors (Lipinski definition) is 1. The third-order valence-corrected chi connectivity index (χ3v) is 3.04. The first kappa shape index (κ1) is 11.2. The van der Waals surface area contributed by atoms with Crippen molar-refractivity contribution < 1.29 is 4.79 Å². The first-order valence-electron chi connectivity index (χ1n) is 5.21. The quantitative estimate of drug-likeness (QED) is 0.685. The highest BCUT2D eigenvalue weighted by molar-refractivity contribution is 5.82. The summed E-state index contributed by atoms with van der Waals surface area (Å²) in [4.78, 5) is 13.7. The Hall–Kier alpha value is -0.830. The second-order valence-corrected chi connectivity index (χ2v) is 4.33. The van der Waals surface area contributed by atoms with Crippen molar-refractivity contribution in [2.24, 2.45) is 17.6 Å². The summed E-state index contributed by atoms with van der Waals surface area (Å²) in [7, 11) is 0. The molecule has 0 bridgehead atoms. The highest BCUT2D eigenvalue weighted by Gasteiger charge is 2.31. The maximum absolute atomic E-state index is 11.8. The number of rotatable bonds is 3. The molecule has 2 N–H and O–H groups in total. The fourth-order valence-corrected chi connectivity index (χ4v) is 1.82. The molecule has 0 radical (unpaired) electrons. The van der Waals surface area contributed by atoms with Gasteiger partial charge in [0.2, 0.25) is 5.91 Å². The Kier molecular flexibility index (Phi) is 3.69. The van der Waals surface area contributed by atoms with Crippen molar-refractivity contribution in [3.63, 3.8) is 0 Å². The maximum Gasteiger partial charge on any atom is 0.239 e. The molecule has 1 amide bonds. The van der Waals surface area contributed by atoms with Crippen LogP contribution in [0.15, 0.2) is 12.7 Å². The molecule has 0 spiro atoms. The van der Waals surface area contributed by atoms with Gasteiger partial charge >= 0.3 is 0 Å². The Morgan fingerprint density at radius 1 is 1.57 bits per heavy atom. The normalized spacial score (nSPS) is 28.9. The summed E-state index contributed by atoms with van der Waals surface area (Å²) >= 11 is 0. The topological polar surface area (TPSA) is 46.3 Å². The van der Waals surface area contributed by atoms with Crippen molar-refractivity contribution >= 4 is 5.91 Å². The van der Waals surface area contributed by atoms with E-state index in [1.165, 1.54) is 0 Å². The zero-order valence-corrected chi connectivity index (χ0v) is 9.07. The van der Waals surface area contributed by atoms with Gasteiger partial charge in [0.25, 0.3) is 0 Å². The number of nitrogens with zero attached hydrogens (tertiary/aromatic N) is 1. The Morgan fingerprint density at radius 2 is 2.07 bits per heavy atom. The highest BCUT2D eigenvalue weighted by Crippen LogP contribution is 2.22. The van der Waals surface area contributed by atoms with Crippen molar-refractivity contribution in [1.82, 2.24) is 4.90 Å². The minimum absolute atomic E-state index is 0.0705. The van der Waals surface area contributed by atoms with Gasteiger partial charge in [-0.15, -0.1) is 6.58 Å². The predicted molar refractivity (Wildman–Crippen MR) is 57.7 cm³/mol. The number of nitrogens with two attached hydrogens (primary N) is 1. The number of hydrogen-bond acceptors (Lipinski definition) is 2. The summed E-state index contributed by atoms with van der Waals surface area (Å²) in [5, 5.41) is 0. The summed E-state index contributed by atoms with van der Waals surface area (Å²) in [5.41, 5.74) is 5.74. The summed E-state index contributed by atoms with van der Waals surface area (Å²) in [5.74, 6) is 1.26. The molecule has 1 fully saturated rings. The molecule has 1 aliphatic heterocycles. The van der Waals surface area contributed by atoms with Crippen molar-refractivity contribution in [2.75, 3.05) is 13.1 Å². The third-order valence-electron chi connectivity index (χ3n) is 3.04. The molecule has 80 valence electrons. The number of amides is 1. The van der Waals surface area contributed by atoms with Crippen LogP contribution in [0.5, 0.6) is 0 Å². The van der Waals surface area contributed by atoms with E-state index in [-0.39, 0.29) is 5.91 Å². The molecule has 1 saturated heterocycles. The second-order valence-electron chi connectivity index (χ2n) is 4.33. The van der Waals surface area contributed by atoms with E-state index in [0.717, 1.165) is 13.1 Å². The Morgan fingerprint density at radius 3 is 2.50 bits per heavy atom. The largest absolute Gasteiger partial charge is 0.341 e. The van der Waals surface area contributed by atoms with Crippen LogP contribution < -0.4 is 5.73 Å². The molecule has 0 saturated carbocycles. The monoisotopic (exact) mass is 196 g/mol. The van der Waals surface area contributed by atoms with Crippen LogP contribution in [0.2, 0.25) is 0 Å². The van der Waals surface area contributed by atoms with Crippen LogP contribution in [0.3, 0.4) is 0 Å². The average molecular weight is 196 g/mol. The average Bonchev–Trinajstić information content (AvgIpc) is 2.46. The van der Waals surface area contributed by atoms with Gasteiger partial charge < -0.3 is 10.6 Å². The lowest BCUT2D eigenvalue weighted by atomic mass is 10.0. The summed E-state index contributed by atoms with van der Waals surface area (Å²) in [6, 6.07) is -0.398. The molecule has 0 aromatic heterocycles. The van der Waals surface area contributed by atoms with Crippen LogP contribution in [0.4, 0.5) is 0 Å². The SMILES string of the molecule is C=CCC(N)C(=O)N1CC(C)C(C)C1. The van der Waals surface area contributed by atoms with Gasteiger partial charge in [-0.2, -0.15) is 0 Å². The molecule has 0 aliphatic carbocycles. The van der Waals surface area contributed by atoms with E-state index in [0.29, 0.717) is 18.3 Å². The molecule has 3 heteroatoms. The van der Waals surface area contributed by atoms with Crippen molar-refractivity contribution in [1.29, 1.82) is 0 Å². The zero-order chi connectivity index (χ0) is 10.7. The molecule has 3 atom stereocenters. The first-order valence-corrected chi connectivity index (χ1v) is 5.21. The Labute approximate surface area is 86.0 Å². The molecular weight excluding hydrogens is 176 g/mol. The molecule has 1 rings (SSSR count). The third kappa shape index (κ3) is 2.35. The van der Waals surface area contributed by atoms with Crippen molar-refractivity contribution in [3.05, 3.63) is 12.7 Å². The van der Waals surface area contributed by atoms with Crippen LogP contribution in [-0.4, -0.2) is 29.9 Å². The molecule has 1 heterocycles. The van der Waals surface area contributed by atoms with Crippen LogP contribution in [0.1, 0.15) is 20.3 Å². The van der Waals surface area contributed by atoms with Crippen LogP contribution in [-0.2, 0) is 4.79 Å². The maximum atomic E-state index is 11.8. The molecule has 0 aromatic rings. The van der Waals surface area contributed by atoms with E-state index >= 15 is 0 Å². The second kappa shape index (κ2) is 4.60. The lowest BCUT2D eigenvalue weighted by molar-refractivity contribution is -0.131. The summed E-state index contributed by atoms with van der Waals surface area (Å²) in [6.45, 7) is 9.65. The molecule has 3 unspecified atom stereocenters. The molecule has 1 aliphatic rings. The number of likely N-dealkylation sites (tertiary alicyclic amines) is 1. The summed E-state index contributed by atoms with van der Waals surface area (Å²) in [6.07, 6.45) is 2.27. The molecular formula is C11H20N2O. The highest BCUT2D eigenvalue weighted by atomic mass is 16.2. The summed E-state index contributed by atoms with van der Waals surface area (Å²) < 4.78 is 0. The minimum Gasteiger partial charge on any atom is -0.341 e. The van der Waals surface area contributed by atoms with Crippen molar-refractivity contribution in [3.8, 4) is 0 Å². The standard InChI is InChI=1S/C11H20N2O/c1-4-5-10(12)11(14)13-6-8(2)9(3)7-13/h4,8-10H,1,5-7,12H2,2-3H3. The smallest absolute Gasteiger partial charge is 0.239 e. The van der Waals surface area contributed by atoms with Gasteiger partial charge in [0.15, 0.2) is 0 Å². The van der Waals surface area contributed by atoms with Crippen molar-refractivity contribution in [2.45, 2.75) is 26.3 Å². The molecule has 0 aromatic carbocycles. The van der Waals surface area contributed by atoms with Gasteiger partial charge in [0.05, 0.1) is 6.04 Å². The van der Waals surface area contributed by atoms with Gasteiger partial charge in [0.1, 0.15) is 0 Å². The Balaban J connectivity index is 2.50. The molecule has 3 nitrogen and oxygen atoms in total. The van der Waals surface area contributed by atoms with Gasteiger partial charge in [-0.25, -0.2) is 0 Å². The van der Waals surface area contributed by atoms with Gasteiger partial charge in [0, 0.05) is 13.1 Å². The van der Waals surface area contributed by atoms with Gasteiger partial charge in [-0.1, -0.05) is 19.9 Å². The number of carbonyl (C=O) groups excluding carboxylic acids is 1. The lowest BCUT2D eigenvalue weighted by Gasteiger charge is -2.19. The fourth-order valence-electron chi connectivity index (χ4n) is 1.82. The van der Waals surface area contributed by atoms with E-state index in [1.54, 1.807) is 6.08 Å². The zero-order valence-electron chi connectivity index (χ0n) is 9.07. The van der Waals surface area contributed by atoms with E-state index in [9.17, 15) is 4.79 Å². The number of carbonyl (C=O) groups is 1. The van der Waals surface area contributed by atoms with E-state index in [2.05, 4.69) is 20.4 Å². The molecule has 14 heavy (non-hydrogen) atoms.